The van der Waals surface area contributed by atoms with E-state index in [1.54, 1.807) is 6.07 Å². The van der Waals surface area contributed by atoms with Crippen LogP contribution in [0, 0.1) is 10.1 Å². The number of non-ortho nitro benzene ring substituents is 1. The number of likely N-dealkylation sites (N-methyl/N-ethyl adjacent to an activating group) is 1. The Morgan fingerprint density at radius 2 is 2.33 bits per heavy atom. The van der Waals surface area contributed by atoms with Crippen LogP contribution < -0.4 is 10.6 Å². The summed E-state index contributed by atoms with van der Waals surface area (Å²) in [6.45, 7) is 4.01. The lowest BCUT2D eigenvalue weighted by atomic mass is 10.3. The lowest BCUT2D eigenvalue weighted by molar-refractivity contribution is -0.384. The number of anilines is 1. The maximum atomic E-state index is 10.7. The van der Waals surface area contributed by atoms with Crippen molar-refractivity contribution in [3.8, 4) is 0 Å². The second-order valence-corrected chi connectivity index (χ2v) is 3.89. The Hall–Kier alpha value is -2.15. The van der Waals surface area contributed by atoms with Crippen LogP contribution in [0.5, 0.6) is 0 Å². The lowest BCUT2D eigenvalue weighted by Gasteiger charge is -2.18. The van der Waals surface area contributed by atoms with E-state index in [1.165, 1.54) is 12.1 Å². The molecule has 0 aliphatic carbocycles. The van der Waals surface area contributed by atoms with E-state index >= 15 is 0 Å². The van der Waals surface area contributed by atoms with Gasteiger partial charge >= 0.3 is 0 Å². The molecule has 0 saturated heterocycles. The van der Waals surface area contributed by atoms with Crippen molar-refractivity contribution in [2.45, 2.75) is 6.92 Å². The maximum Gasteiger partial charge on any atom is 0.271 e. The van der Waals surface area contributed by atoms with Crippen LogP contribution in [0.2, 0.25) is 0 Å². The molecule has 0 amide bonds. The summed E-state index contributed by atoms with van der Waals surface area (Å²) in [7, 11) is 0. The van der Waals surface area contributed by atoms with Gasteiger partial charge in [0.2, 0.25) is 5.95 Å². The van der Waals surface area contributed by atoms with Crippen molar-refractivity contribution in [1.82, 2.24) is 9.97 Å². The first-order chi connectivity index (χ1) is 8.65. The number of nitrogens with one attached hydrogen (secondary N) is 1. The van der Waals surface area contributed by atoms with Crippen LogP contribution in [-0.4, -0.2) is 34.5 Å². The summed E-state index contributed by atoms with van der Waals surface area (Å²) in [6, 6.07) is 4.58. The summed E-state index contributed by atoms with van der Waals surface area (Å²) < 4.78 is 0. The van der Waals surface area contributed by atoms with Crippen molar-refractivity contribution in [2.24, 2.45) is 5.73 Å². The Balaban J connectivity index is 2.40. The van der Waals surface area contributed by atoms with Crippen LogP contribution in [0.15, 0.2) is 18.2 Å². The van der Waals surface area contributed by atoms with Gasteiger partial charge in [0.1, 0.15) is 0 Å². The average Bonchev–Trinajstić information content (AvgIpc) is 2.78. The second-order valence-electron chi connectivity index (χ2n) is 3.89. The van der Waals surface area contributed by atoms with Crippen molar-refractivity contribution in [2.75, 3.05) is 24.5 Å². The predicted octanol–water partition coefficient (Wildman–Crippen LogP) is 1.26. The fourth-order valence-electron chi connectivity index (χ4n) is 1.82. The standard InChI is InChI=1S/C11H15N5O2/c1-2-15(6-5-12)11-13-9-4-3-8(16(17)18)7-10(9)14-11/h3-4,7H,2,5-6,12H2,1H3,(H,13,14). The molecule has 0 saturated carbocycles. The van der Waals surface area contributed by atoms with Crippen molar-refractivity contribution < 1.29 is 4.92 Å². The van der Waals surface area contributed by atoms with E-state index in [1.807, 2.05) is 11.8 Å². The van der Waals surface area contributed by atoms with Crippen LogP contribution >= 0.6 is 0 Å². The topological polar surface area (TPSA) is 101 Å². The number of nitro groups is 1. The maximum absolute atomic E-state index is 10.7. The van der Waals surface area contributed by atoms with Gasteiger partial charge in [-0.15, -0.1) is 0 Å². The highest BCUT2D eigenvalue weighted by Crippen LogP contribution is 2.21. The molecule has 96 valence electrons. The van der Waals surface area contributed by atoms with Gasteiger partial charge in [-0.2, -0.15) is 0 Å². The third-order valence-electron chi connectivity index (χ3n) is 2.74. The highest BCUT2D eigenvalue weighted by Gasteiger charge is 2.12. The van der Waals surface area contributed by atoms with E-state index in [0.29, 0.717) is 30.1 Å². The van der Waals surface area contributed by atoms with Gasteiger partial charge in [0.05, 0.1) is 16.0 Å². The minimum absolute atomic E-state index is 0.0552. The van der Waals surface area contributed by atoms with Crippen molar-refractivity contribution in [3.63, 3.8) is 0 Å². The molecule has 0 aliphatic heterocycles. The molecule has 7 heteroatoms. The molecule has 0 aliphatic rings. The van der Waals surface area contributed by atoms with Gasteiger partial charge < -0.3 is 15.6 Å². The van der Waals surface area contributed by atoms with E-state index in [-0.39, 0.29) is 5.69 Å². The normalized spacial score (nSPS) is 10.8. The SMILES string of the molecule is CCN(CCN)c1nc2ccc([N+](=O)[O-])cc2[nH]1. The first-order valence-electron chi connectivity index (χ1n) is 5.75. The second kappa shape index (κ2) is 5.01. The van der Waals surface area contributed by atoms with Crippen LogP contribution in [-0.2, 0) is 0 Å². The number of aromatic nitrogens is 2. The average molecular weight is 249 g/mol. The molecule has 0 fully saturated rings. The first-order valence-corrected chi connectivity index (χ1v) is 5.75. The van der Waals surface area contributed by atoms with Gasteiger partial charge in [0.25, 0.3) is 5.69 Å². The molecule has 0 bridgehead atoms. The number of rotatable bonds is 5. The summed E-state index contributed by atoms with van der Waals surface area (Å²) in [6.07, 6.45) is 0. The molecule has 2 rings (SSSR count). The van der Waals surface area contributed by atoms with Crippen molar-refractivity contribution >= 4 is 22.7 Å². The molecule has 18 heavy (non-hydrogen) atoms. The molecule has 1 aromatic heterocycles. The summed E-state index contributed by atoms with van der Waals surface area (Å²) in [4.78, 5) is 19.7. The molecule has 7 nitrogen and oxygen atoms in total. The Morgan fingerprint density at radius 3 is 2.94 bits per heavy atom. The van der Waals surface area contributed by atoms with Crippen LogP contribution in [0.3, 0.4) is 0 Å². The molecule has 0 unspecified atom stereocenters. The molecule has 0 spiro atoms. The van der Waals surface area contributed by atoms with Crippen LogP contribution in [0.25, 0.3) is 11.0 Å². The zero-order valence-corrected chi connectivity index (χ0v) is 10.1. The van der Waals surface area contributed by atoms with Gasteiger partial charge in [-0.25, -0.2) is 4.98 Å². The number of hydrogen-bond donors (Lipinski definition) is 2. The van der Waals surface area contributed by atoms with Crippen LogP contribution in [0.1, 0.15) is 6.92 Å². The predicted molar refractivity (Wildman–Crippen MR) is 69.7 cm³/mol. The number of imidazole rings is 1. The smallest absolute Gasteiger partial charge is 0.271 e. The number of aromatic amines is 1. The third kappa shape index (κ3) is 2.25. The molecule has 3 N–H and O–H groups in total. The molecular formula is C11H15N5O2. The summed E-state index contributed by atoms with van der Waals surface area (Å²) in [5, 5.41) is 10.7. The monoisotopic (exact) mass is 249 g/mol. The summed E-state index contributed by atoms with van der Waals surface area (Å²) >= 11 is 0. The van der Waals surface area contributed by atoms with Crippen molar-refractivity contribution in [1.29, 1.82) is 0 Å². The number of benzene rings is 1. The van der Waals surface area contributed by atoms with E-state index in [0.717, 1.165) is 6.54 Å². The molecule has 1 heterocycles. The zero-order valence-electron chi connectivity index (χ0n) is 10.1. The minimum Gasteiger partial charge on any atom is -0.341 e. The van der Waals surface area contributed by atoms with Gasteiger partial charge in [-0.3, -0.25) is 10.1 Å². The molecule has 0 radical (unpaired) electrons. The molecular weight excluding hydrogens is 234 g/mol. The quantitative estimate of drug-likeness (QED) is 0.613. The highest BCUT2D eigenvalue weighted by atomic mass is 16.6. The molecule has 1 aromatic carbocycles. The third-order valence-corrected chi connectivity index (χ3v) is 2.74. The largest absolute Gasteiger partial charge is 0.341 e. The van der Waals surface area contributed by atoms with Gasteiger partial charge in [0, 0.05) is 31.8 Å². The Morgan fingerprint density at radius 1 is 1.56 bits per heavy atom. The Labute approximate surface area is 104 Å². The Bertz CT molecular complexity index is 566. The minimum atomic E-state index is -0.419. The molecule has 0 atom stereocenters. The van der Waals surface area contributed by atoms with E-state index in [4.69, 9.17) is 5.73 Å². The van der Waals surface area contributed by atoms with E-state index in [9.17, 15) is 10.1 Å². The van der Waals surface area contributed by atoms with Crippen LogP contribution in [0.4, 0.5) is 11.6 Å². The first kappa shape index (κ1) is 12.3. The van der Waals surface area contributed by atoms with Gasteiger partial charge in [0.15, 0.2) is 0 Å². The van der Waals surface area contributed by atoms with Gasteiger partial charge in [-0.1, -0.05) is 0 Å². The number of nitrogens with two attached hydrogens (primary N) is 1. The summed E-state index contributed by atoms with van der Waals surface area (Å²) in [5.74, 6) is 0.693. The van der Waals surface area contributed by atoms with Crippen molar-refractivity contribution in [3.05, 3.63) is 28.3 Å². The van der Waals surface area contributed by atoms with Gasteiger partial charge in [-0.05, 0) is 13.0 Å². The molecule has 2 aromatic rings. The number of nitrogens with zero attached hydrogens (tertiary/aromatic N) is 3. The highest BCUT2D eigenvalue weighted by molar-refractivity contribution is 5.80. The van der Waals surface area contributed by atoms with E-state index < -0.39 is 4.92 Å². The Kier molecular flexibility index (Phi) is 3.42. The fraction of sp³-hybridized carbons (Fsp3) is 0.364. The van der Waals surface area contributed by atoms with E-state index in [2.05, 4.69) is 9.97 Å². The number of H-pyrrole nitrogens is 1. The lowest BCUT2D eigenvalue weighted by Crippen LogP contribution is -2.29. The number of hydrogen-bond acceptors (Lipinski definition) is 5. The number of fused-ring (bicyclic) bond motifs is 1. The number of nitro benzene ring substituents is 1. The zero-order chi connectivity index (χ0) is 13.1. The fourth-order valence-corrected chi connectivity index (χ4v) is 1.82. The summed E-state index contributed by atoms with van der Waals surface area (Å²) in [5.41, 5.74) is 6.96.